The van der Waals surface area contributed by atoms with Crippen LogP contribution in [-0.2, 0) is 4.74 Å². The van der Waals surface area contributed by atoms with E-state index in [9.17, 15) is 4.79 Å². The second kappa shape index (κ2) is 10.2. The zero-order valence-electron chi connectivity index (χ0n) is 25.0. The highest BCUT2D eigenvalue weighted by molar-refractivity contribution is 5.89. The molecule has 0 aliphatic heterocycles. The molecule has 2 aromatic rings. The Morgan fingerprint density at radius 1 is 0.900 bits per heavy atom. The third kappa shape index (κ3) is 4.45. The molecular formula is C37H46O3. The average Bonchev–Trinajstić information content (AvgIpc) is 3.31. The molecule has 4 aliphatic carbocycles. The van der Waals surface area contributed by atoms with E-state index in [4.69, 9.17) is 9.47 Å². The van der Waals surface area contributed by atoms with Gasteiger partial charge >= 0.3 is 5.97 Å². The van der Waals surface area contributed by atoms with Crippen molar-refractivity contribution in [3.8, 4) is 5.75 Å². The molecule has 3 nitrogen and oxygen atoms in total. The summed E-state index contributed by atoms with van der Waals surface area (Å²) in [5.41, 5.74) is 6.06. The lowest BCUT2D eigenvalue weighted by atomic mass is 9.46. The van der Waals surface area contributed by atoms with Gasteiger partial charge in [0.15, 0.2) is 0 Å². The number of benzene rings is 2. The number of para-hydroxylation sites is 1. The van der Waals surface area contributed by atoms with Crippen molar-refractivity contribution in [3.05, 3.63) is 89.0 Å². The topological polar surface area (TPSA) is 35.5 Å². The van der Waals surface area contributed by atoms with Crippen LogP contribution in [0.3, 0.4) is 0 Å². The highest BCUT2D eigenvalue weighted by atomic mass is 16.5. The van der Waals surface area contributed by atoms with Crippen LogP contribution in [0.25, 0.3) is 0 Å². The minimum atomic E-state index is -0.182. The highest BCUT2D eigenvalue weighted by Crippen LogP contribution is 2.66. The summed E-state index contributed by atoms with van der Waals surface area (Å²) in [6.07, 6.45) is 10.5. The molecule has 0 N–H and O–H groups in total. The minimum absolute atomic E-state index is 0.0465. The molecule has 2 aromatic carbocycles. The average molecular weight is 539 g/mol. The van der Waals surface area contributed by atoms with E-state index in [1.165, 1.54) is 19.3 Å². The summed E-state index contributed by atoms with van der Waals surface area (Å²) in [5.74, 6) is 2.43. The van der Waals surface area contributed by atoms with Crippen molar-refractivity contribution < 1.29 is 14.3 Å². The van der Waals surface area contributed by atoms with Crippen molar-refractivity contribution in [2.75, 3.05) is 6.61 Å². The lowest BCUT2D eigenvalue weighted by Crippen LogP contribution is -2.54. The fourth-order valence-electron chi connectivity index (χ4n) is 9.41. The number of carbonyl (C=O) groups excluding carboxylic acids is 1. The Morgan fingerprint density at radius 2 is 1.60 bits per heavy atom. The molecular weight excluding hydrogens is 492 g/mol. The Labute approximate surface area is 241 Å². The summed E-state index contributed by atoms with van der Waals surface area (Å²) in [5, 5.41) is 0. The van der Waals surface area contributed by atoms with E-state index in [0.717, 1.165) is 38.0 Å². The van der Waals surface area contributed by atoms with Gasteiger partial charge in [0.05, 0.1) is 12.2 Å². The van der Waals surface area contributed by atoms with Gasteiger partial charge in [-0.25, -0.2) is 4.79 Å². The van der Waals surface area contributed by atoms with Crippen LogP contribution >= 0.6 is 0 Å². The molecule has 0 heterocycles. The Balaban J connectivity index is 1.20. The molecule has 1 saturated carbocycles. The van der Waals surface area contributed by atoms with Gasteiger partial charge in [0, 0.05) is 5.41 Å². The second-order valence-electron chi connectivity index (χ2n) is 14.1. The molecule has 0 spiro atoms. The first-order valence-electron chi connectivity index (χ1n) is 15.5. The SMILES string of the molecule is C[C@H](COc1ccccc1)[C@H]1CC=C2C3=C(CC[C@@]21C)[C@@]1(C)CC[C@H](OC(=O)c2ccccc2)C(C)(C)[C@@H]1CC3. The third-order valence-electron chi connectivity index (χ3n) is 11.6. The van der Waals surface area contributed by atoms with E-state index in [-0.39, 0.29) is 28.3 Å². The zero-order valence-corrected chi connectivity index (χ0v) is 25.0. The second-order valence-corrected chi connectivity index (χ2v) is 14.1. The summed E-state index contributed by atoms with van der Waals surface area (Å²) in [6, 6.07) is 19.7. The van der Waals surface area contributed by atoms with Crippen LogP contribution in [0.2, 0.25) is 0 Å². The van der Waals surface area contributed by atoms with Crippen LogP contribution in [0, 0.1) is 34.0 Å². The van der Waals surface area contributed by atoms with Gasteiger partial charge in [-0.3, -0.25) is 0 Å². The number of rotatable bonds is 6. The minimum Gasteiger partial charge on any atom is -0.493 e. The molecule has 212 valence electrons. The molecule has 0 amide bonds. The van der Waals surface area contributed by atoms with Crippen LogP contribution in [0.4, 0.5) is 0 Å². The number of esters is 1. The number of carbonyl (C=O) groups is 1. The van der Waals surface area contributed by atoms with E-state index in [1.54, 1.807) is 16.7 Å². The molecule has 0 aromatic heterocycles. The summed E-state index contributed by atoms with van der Waals surface area (Å²) < 4.78 is 12.4. The van der Waals surface area contributed by atoms with Crippen LogP contribution in [0.5, 0.6) is 5.75 Å². The van der Waals surface area contributed by atoms with E-state index in [0.29, 0.717) is 23.3 Å². The Bertz CT molecular complexity index is 1310. The van der Waals surface area contributed by atoms with Crippen molar-refractivity contribution in [1.29, 1.82) is 0 Å². The molecule has 1 fully saturated rings. The standard InChI is InChI=1S/C37H46O3/c1-25(24-39-27-14-10-7-11-15-27)29-17-18-30-28-16-19-32-35(2,3)33(40-34(38)26-12-8-6-9-13-26)21-23-37(32,5)31(28)20-22-36(29,30)4/h6-15,18,25,29,32-33H,16-17,19-24H2,1-5H3/t25-,29-,32+,33+,36-,37-/m1/s1. The molecule has 0 unspecified atom stereocenters. The maximum atomic E-state index is 13.0. The van der Waals surface area contributed by atoms with Gasteiger partial charge in [-0.2, -0.15) is 0 Å². The van der Waals surface area contributed by atoms with Gasteiger partial charge in [0.1, 0.15) is 11.9 Å². The largest absolute Gasteiger partial charge is 0.493 e. The van der Waals surface area contributed by atoms with E-state index in [1.807, 2.05) is 48.5 Å². The van der Waals surface area contributed by atoms with E-state index < -0.39 is 0 Å². The molecule has 3 heteroatoms. The fourth-order valence-corrected chi connectivity index (χ4v) is 9.41. The monoisotopic (exact) mass is 538 g/mol. The Kier molecular flexibility index (Phi) is 7.00. The zero-order chi connectivity index (χ0) is 28.1. The maximum absolute atomic E-state index is 13.0. The molecule has 0 bridgehead atoms. The molecule has 4 aliphatic rings. The summed E-state index contributed by atoms with van der Waals surface area (Å²) in [4.78, 5) is 13.0. The fraction of sp³-hybridized carbons (Fsp3) is 0.541. The predicted molar refractivity (Wildman–Crippen MR) is 161 cm³/mol. The van der Waals surface area contributed by atoms with Crippen molar-refractivity contribution in [2.24, 2.45) is 34.0 Å². The quantitative estimate of drug-likeness (QED) is 0.344. The maximum Gasteiger partial charge on any atom is 0.338 e. The first-order chi connectivity index (χ1) is 19.1. The summed E-state index contributed by atoms with van der Waals surface area (Å²) in [7, 11) is 0. The van der Waals surface area contributed by atoms with E-state index in [2.05, 4.69) is 52.8 Å². The van der Waals surface area contributed by atoms with Crippen LogP contribution < -0.4 is 4.74 Å². The first-order valence-corrected chi connectivity index (χ1v) is 15.5. The van der Waals surface area contributed by atoms with Crippen LogP contribution in [0.15, 0.2) is 83.5 Å². The molecule has 0 radical (unpaired) electrons. The molecule has 0 saturated heterocycles. The van der Waals surface area contributed by atoms with Crippen LogP contribution in [-0.4, -0.2) is 18.7 Å². The summed E-state index contributed by atoms with van der Waals surface area (Å²) in [6.45, 7) is 12.9. The number of hydrogen-bond acceptors (Lipinski definition) is 3. The Hall–Kier alpha value is -2.81. The number of fused-ring (bicyclic) bond motifs is 4. The number of hydrogen-bond donors (Lipinski definition) is 0. The highest BCUT2D eigenvalue weighted by Gasteiger charge is 2.58. The lowest BCUT2D eigenvalue weighted by Gasteiger charge is -2.59. The van der Waals surface area contributed by atoms with Gasteiger partial charge in [0.2, 0.25) is 0 Å². The molecule has 40 heavy (non-hydrogen) atoms. The van der Waals surface area contributed by atoms with Crippen LogP contribution in [0.1, 0.15) is 89.9 Å². The van der Waals surface area contributed by atoms with Gasteiger partial charge < -0.3 is 9.47 Å². The Morgan fingerprint density at radius 3 is 2.33 bits per heavy atom. The number of allylic oxidation sites excluding steroid dienone is 4. The van der Waals surface area contributed by atoms with Gasteiger partial charge in [-0.15, -0.1) is 0 Å². The number of ether oxygens (including phenoxy) is 2. The molecule has 6 atom stereocenters. The van der Waals surface area contributed by atoms with Gasteiger partial charge in [0.25, 0.3) is 0 Å². The lowest BCUT2D eigenvalue weighted by molar-refractivity contribution is -0.0993. The smallest absolute Gasteiger partial charge is 0.338 e. The van der Waals surface area contributed by atoms with E-state index >= 15 is 0 Å². The van der Waals surface area contributed by atoms with Crippen molar-refractivity contribution in [3.63, 3.8) is 0 Å². The van der Waals surface area contributed by atoms with Gasteiger partial charge in [-0.05, 0) is 109 Å². The third-order valence-corrected chi connectivity index (χ3v) is 11.6. The van der Waals surface area contributed by atoms with Crippen molar-refractivity contribution in [2.45, 2.75) is 85.7 Å². The first kappa shape index (κ1) is 27.4. The van der Waals surface area contributed by atoms with Gasteiger partial charge in [-0.1, -0.05) is 82.7 Å². The normalized spacial score (nSPS) is 33.2. The predicted octanol–water partition coefficient (Wildman–Crippen LogP) is 9.21. The van der Waals surface area contributed by atoms with Crippen molar-refractivity contribution in [1.82, 2.24) is 0 Å². The molecule has 6 rings (SSSR count). The van der Waals surface area contributed by atoms with Crippen molar-refractivity contribution >= 4 is 5.97 Å². The summed E-state index contributed by atoms with van der Waals surface area (Å²) >= 11 is 0.